The maximum Gasteiger partial charge on any atom is 0.317 e. The molecule has 0 aromatic heterocycles. The molecule has 4 fully saturated rings. The van der Waals surface area contributed by atoms with Crippen molar-refractivity contribution in [2.75, 3.05) is 0 Å². The highest BCUT2D eigenvalue weighted by Gasteiger charge is 2.56. The molecule has 7 atom stereocenters. The first-order valence-corrected chi connectivity index (χ1v) is 7.18. The van der Waals surface area contributed by atoms with Crippen LogP contribution in [0, 0.1) is 35.5 Å². The average Bonchev–Trinajstić information content (AvgIpc) is 2.84. The van der Waals surface area contributed by atoms with Crippen LogP contribution in [-0.4, -0.2) is 29.3 Å². The summed E-state index contributed by atoms with van der Waals surface area (Å²) in [6.07, 6.45) is 1.57. The highest BCUT2D eigenvalue weighted by atomic mass is 16.6. The second-order valence-corrected chi connectivity index (χ2v) is 6.51. The lowest BCUT2D eigenvalue weighted by Crippen LogP contribution is -2.41. The first-order valence-electron chi connectivity index (χ1n) is 7.18. The van der Waals surface area contributed by atoms with Gasteiger partial charge in [-0.05, 0) is 37.5 Å². The van der Waals surface area contributed by atoms with Gasteiger partial charge < -0.3 is 14.6 Å². The number of hydrogen-bond donors (Lipinski definition) is 1. The summed E-state index contributed by atoms with van der Waals surface area (Å²) in [5.41, 5.74) is 0. The highest BCUT2D eigenvalue weighted by molar-refractivity contribution is 5.96. The molecule has 0 bridgehead atoms. The number of aliphatic hydroxyl groups excluding tert-OH is 1. The van der Waals surface area contributed by atoms with E-state index < -0.39 is 18.2 Å². The Kier molecular flexibility index (Phi) is 2.49. The molecule has 0 aromatic rings. The topological polar surface area (TPSA) is 89.9 Å². The van der Waals surface area contributed by atoms with Crippen molar-refractivity contribution in [2.24, 2.45) is 35.5 Å². The van der Waals surface area contributed by atoms with E-state index in [0.717, 1.165) is 0 Å². The molecule has 0 radical (unpaired) electrons. The molecule has 2 saturated heterocycles. The Labute approximate surface area is 115 Å². The van der Waals surface area contributed by atoms with Gasteiger partial charge in [0, 0.05) is 5.92 Å². The molecule has 0 spiro atoms. The predicted molar refractivity (Wildman–Crippen MR) is 62.6 cm³/mol. The SMILES string of the molecule is O=C1OC(=O)C2CC3CC4C(O)OC(=O)C4CC3CC12. The first kappa shape index (κ1) is 12.3. The number of cyclic esters (lactones) is 3. The quantitative estimate of drug-likeness (QED) is 0.504. The van der Waals surface area contributed by atoms with E-state index in [9.17, 15) is 19.5 Å². The van der Waals surface area contributed by atoms with Crippen LogP contribution in [0.25, 0.3) is 0 Å². The molecular weight excluding hydrogens is 264 g/mol. The molecule has 0 amide bonds. The molecule has 6 nitrogen and oxygen atoms in total. The van der Waals surface area contributed by atoms with Gasteiger partial charge in [-0.1, -0.05) is 0 Å². The number of fused-ring (bicyclic) bond motifs is 3. The molecule has 20 heavy (non-hydrogen) atoms. The largest absolute Gasteiger partial charge is 0.435 e. The molecule has 4 rings (SSSR count). The summed E-state index contributed by atoms with van der Waals surface area (Å²) in [6, 6.07) is 0. The van der Waals surface area contributed by atoms with Crippen LogP contribution < -0.4 is 0 Å². The molecule has 2 aliphatic heterocycles. The fourth-order valence-corrected chi connectivity index (χ4v) is 4.61. The second-order valence-electron chi connectivity index (χ2n) is 6.51. The van der Waals surface area contributed by atoms with Crippen LogP contribution in [0.1, 0.15) is 25.7 Å². The molecule has 1 N–H and O–H groups in total. The van der Waals surface area contributed by atoms with Gasteiger partial charge in [0.15, 0.2) is 0 Å². The summed E-state index contributed by atoms with van der Waals surface area (Å²) in [6.45, 7) is 0. The molecule has 2 heterocycles. The minimum absolute atomic E-state index is 0.159. The number of carbonyl (C=O) groups is 3. The van der Waals surface area contributed by atoms with Crippen LogP contribution >= 0.6 is 0 Å². The van der Waals surface area contributed by atoms with Gasteiger partial charge >= 0.3 is 17.9 Å². The van der Waals surface area contributed by atoms with Crippen LogP contribution in [0.4, 0.5) is 0 Å². The third-order valence-electron chi connectivity index (χ3n) is 5.63. The third-order valence-corrected chi connectivity index (χ3v) is 5.63. The third kappa shape index (κ3) is 1.57. The van der Waals surface area contributed by atoms with Crippen LogP contribution in [0.3, 0.4) is 0 Å². The number of esters is 3. The second kappa shape index (κ2) is 4.04. The number of rotatable bonds is 0. The Morgan fingerprint density at radius 1 is 0.800 bits per heavy atom. The van der Waals surface area contributed by atoms with Crippen LogP contribution in [0.2, 0.25) is 0 Å². The normalized spacial score (nSPS) is 50.0. The Balaban J connectivity index is 1.57. The standard InChI is InChI=1S/C14H16O6/c15-11-7-1-5-2-9-10(14(18)20-13(9)17)4-6(5)3-8(7)12(16)19-11/h5-11,15H,1-4H2. The van der Waals surface area contributed by atoms with Crippen molar-refractivity contribution in [1.29, 1.82) is 0 Å². The lowest BCUT2D eigenvalue weighted by molar-refractivity contribution is -0.157. The van der Waals surface area contributed by atoms with Gasteiger partial charge in [0.05, 0.1) is 17.8 Å². The molecule has 7 unspecified atom stereocenters. The lowest BCUT2D eigenvalue weighted by atomic mass is 9.59. The molecule has 4 aliphatic rings. The van der Waals surface area contributed by atoms with Gasteiger partial charge in [0.2, 0.25) is 6.29 Å². The summed E-state index contributed by atoms with van der Waals surface area (Å²) in [5.74, 6) is -1.70. The molecule has 2 aliphatic carbocycles. The van der Waals surface area contributed by atoms with Crippen molar-refractivity contribution < 1.29 is 29.0 Å². The van der Waals surface area contributed by atoms with E-state index in [4.69, 9.17) is 9.47 Å². The molecule has 6 heteroatoms. The number of carbonyl (C=O) groups excluding carboxylic acids is 3. The Morgan fingerprint density at radius 3 is 2.00 bits per heavy atom. The summed E-state index contributed by atoms with van der Waals surface area (Å²) < 4.78 is 9.64. The Hall–Kier alpha value is -1.43. The lowest BCUT2D eigenvalue weighted by Gasteiger charge is -2.42. The maximum atomic E-state index is 11.7. The van der Waals surface area contributed by atoms with E-state index >= 15 is 0 Å². The van der Waals surface area contributed by atoms with Crippen molar-refractivity contribution >= 4 is 17.9 Å². The Bertz CT molecular complexity index is 500. The first-order chi connectivity index (χ1) is 9.54. The fourth-order valence-electron chi connectivity index (χ4n) is 4.61. The van der Waals surface area contributed by atoms with E-state index in [2.05, 4.69) is 0 Å². The fraction of sp³-hybridized carbons (Fsp3) is 0.786. The van der Waals surface area contributed by atoms with E-state index in [1.54, 1.807) is 0 Å². The van der Waals surface area contributed by atoms with E-state index in [0.29, 0.717) is 25.7 Å². The summed E-state index contributed by atoms with van der Waals surface area (Å²) >= 11 is 0. The van der Waals surface area contributed by atoms with Crippen LogP contribution in [0.15, 0.2) is 0 Å². The molecule has 108 valence electrons. The number of hydrogen-bond acceptors (Lipinski definition) is 6. The van der Waals surface area contributed by atoms with Gasteiger partial charge in [-0.3, -0.25) is 14.4 Å². The van der Waals surface area contributed by atoms with Crippen molar-refractivity contribution in [3.05, 3.63) is 0 Å². The van der Waals surface area contributed by atoms with Gasteiger partial charge in [-0.2, -0.15) is 0 Å². The highest BCUT2D eigenvalue weighted by Crippen LogP contribution is 2.53. The van der Waals surface area contributed by atoms with Gasteiger partial charge in [0.1, 0.15) is 0 Å². The zero-order valence-corrected chi connectivity index (χ0v) is 10.9. The van der Waals surface area contributed by atoms with E-state index in [1.165, 1.54) is 0 Å². The molecule has 2 saturated carbocycles. The maximum absolute atomic E-state index is 11.7. The van der Waals surface area contributed by atoms with Crippen molar-refractivity contribution in [3.8, 4) is 0 Å². The minimum Gasteiger partial charge on any atom is -0.435 e. The summed E-state index contributed by atoms with van der Waals surface area (Å²) in [5, 5.41) is 9.78. The Morgan fingerprint density at radius 2 is 1.35 bits per heavy atom. The van der Waals surface area contributed by atoms with Gasteiger partial charge in [-0.15, -0.1) is 0 Å². The zero-order valence-electron chi connectivity index (χ0n) is 10.9. The number of aliphatic hydroxyl groups is 1. The minimum atomic E-state index is -1.01. The van der Waals surface area contributed by atoms with Gasteiger partial charge in [-0.25, -0.2) is 0 Å². The van der Waals surface area contributed by atoms with Crippen molar-refractivity contribution in [1.82, 2.24) is 0 Å². The molecular formula is C14H16O6. The van der Waals surface area contributed by atoms with Crippen LogP contribution in [-0.2, 0) is 23.9 Å². The van der Waals surface area contributed by atoms with E-state index in [1.807, 2.05) is 0 Å². The summed E-state index contributed by atoms with van der Waals surface area (Å²) in [7, 11) is 0. The average molecular weight is 280 g/mol. The van der Waals surface area contributed by atoms with Gasteiger partial charge in [0.25, 0.3) is 0 Å². The smallest absolute Gasteiger partial charge is 0.317 e. The summed E-state index contributed by atoms with van der Waals surface area (Å²) in [4.78, 5) is 35.0. The monoisotopic (exact) mass is 280 g/mol. The van der Waals surface area contributed by atoms with Crippen LogP contribution in [0.5, 0.6) is 0 Å². The van der Waals surface area contributed by atoms with Crippen molar-refractivity contribution in [3.63, 3.8) is 0 Å². The zero-order chi connectivity index (χ0) is 14.0. The van der Waals surface area contributed by atoms with E-state index in [-0.39, 0.29) is 41.5 Å². The molecule has 0 aromatic carbocycles. The van der Waals surface area contributed by atoms with Crippen molar-refractivity contribution in [2.45, 2.75) is 32.0 Å². The predicted octanol–water partition coefficient (Wildman–Crippen LogP) is 0.230. The number of ether oxygens (including phenoxy) is 2.